The van der Waals surface area contributed by atoms with Crippen LogP contribution in [-0.2, 0) is 20.6 Å². The third-order valence-electron chi connectivity index (χ3n) is 4.51. The van der Waals surface area contributed by atoms with Gasteiger partial charge in [0.05, 0.1) is 12.3 Å². The Morgan fingerprint density at radius 1 is 1.17 bits per heavy atom. The molecule has 0 bridgehead atoms. The van der Waals surface area contributed by atoms with Crippen LogP contribution in [0.5, 0.6) is 0 Å². The molecule has 8 heteroatoms. The number of halogens is 1. The number of sulfonamides is 1. The predicted molar refractivity (Wildman–Crippen MR) is 95.5 cm³/mol. The molecule has 1 aromatic rings. The van der Waals surface area contributed by atoms with E-state index in [1.165, 1.54) is 0 Å². The molecule has 2 aliphatic rings. The number of hydrogen-bond acceptors (Lipinski definition) is 4. The van der Waals surface area contributed by atoms with Crippen molar-refractivity contribution in [2.75, 3.05) is 32.7 Å². The molecule has 24 heavy (non-hydrogen) atoms. The van der Waals surface area contributed by atoms with Crippen LogP contribution in [0.2, 0.25) is 0 Å². The van der Waals surface area contributed by atoms with E-state index in [0.29, 0.717) is 26.2 Å². The van der Waals surface area contributed by atoms with Crippen molar-refractivity contribution in [2.24, 2.45) is 0 Å². The van der Waals surface area contributed by atoms with Crippen LogP contribution >= 0.6 is 12.4 Å². The molecule has 1 unspecified atom stereocenters. The zero-order valence-electron chi connectivity index (χ0n) is 13.6. The van der Waals surface area contributed by atoms with E-state index >= 15 is 0 Å². The molecule has 0 radical (unpaired) electrons. The molecule has 2 saturated heterocycles. The summed E-state index contributed by atoms with van der Waals surface area (Å²) in [5.74, 6) is 0.0966. The maximum Gasteiger partial charge on any atom is 0.236 e. The summed E-state index contributed by atoms with van der Waals surface area (Å²) in [5.41, 5.74) is 0.799. The molecule has 0 aliphatic carbocycles. The van der Waals surface area contributed by atoms with Gasteiger partial charge >= 0.3 is 0 Å². The minimum Gasteiger partial charge on any atom is -0.336 e. The zero-order chi connectivity index (χ0) is 16.3. The Hall–Kier alpha value is -1.15. The van der Waals surface area contributed by atoms with Crippen LogP contribution in [-0.4, -0.2) is 62.3 Å². The summed E-state index contributed by atoms with van der Waals surface area (Å²) in [5, 5.41) is 3.05. The molecule has 6 nitrogen and oxygen atoms in total. The maximum absolute atomic E-state index is 12.7. The maximum atomic E-state index is 12.7. The minimum atomic E-state index is -3.35. The van der Waals surface area contributed by atoms with Gasteiger partial charge in [-0.3, -0.25) is 4.79 Å². The summed E-state index contributed by atoms with van der Waals surface area (Å²) in [4.78, 5) is 13.9. The highest BCUT2D eigenvalue weighted by Gasteiger charge is 2.34. The SMILES string of the molecule is Cl.O=C1CNCCN1C1CCCN(S(=O)(=O)Cc2ccccc2)C1. The molecule has 1 N–H and O–H groups in total. The number of nitrogens with one attached hydrogen (secondary N) is 1. The van der Waals surface area contributed by atoms with Crippen molar-refractivity contribution < 1.29 is 13.2 Å². The Morgan fingerprint density at radius 2 is 1.92 bits per heavy atom. The van der Waals surface area contributed by atoms with E-state index in [9.17, 15) is 13.2 Å². The Balaban J connectivity index is 0.00000208. The summed E-state index contributed by atoms with van der Waals surface area (Å²) >= 11 is 0. The van der Waals surface area contributed by atoms with Gasteiger partial charge < -0.3 is 10.2 Å². The summed E-state index contributed by atoms with van der Waals surface area (Å²) in [6.45, 7) is 2.76. The Kier molecular flexibility index (Phi) is 6.62. The van der Waals surface area contributed by atoms with Crippen molar-refractivity contribution in [1.29, 1.82) is 0 Å². The molecule has 134 valence electrons. The lowest BCUT2D eigenvalue weighted by molar-refractivity contribution is -0.135. The van der Waals surface area contributed by atoms with Crippen LogP contribution in [0.3, 0.4) is 0 Å². The molecule has 1 aromatic carbocycles. The zero-order valence-corrected chi connectivity index (χ0v) is 15.2. The van der Waals surface area contributed by atoms with Crippen molar-refractivity contribution in [3.63, 3.8) is 0 Å². The van der Waals surface area contributed by atoms with Gasteiger partial charge in [0, 0.05) is 32.2 Å². The first kappa shape index (κ1) is 19.2. The average Bonchev–Trinajstić information content (AvgIpc) is 2.56. The number of piperazine rings is 1. The highest BCUT2D eigenvalue weighted by Crippen LogP contribution is 2.21. The van der Waals surface area contributed by atoms with Gasteiger partial charge in [0.1, 0.15) is 0 Å². The van der Waals surface area contributed by atoms with Gasteiger partial charge in [-0.1, -0.05) is 30.3 Å². The van der Waals surface area contributed by atoms with Gasteiger partial charge in [-0.05, 0) is 18.4 Å². The quantitative estimate of drug-likeness (QED) is 0.848. The monoisotopic (exact) mass is 373 g/mol. The van der Waals surface area contributed by atoms with E-state index in [-0.39, 0.29) is 30.1 Å². The first-order valence-corrected chi connectivity index (χ1v) is 9.69. The number of benzene rings is 1. The van der Waals surface area contributed by atoms with Gasteiger partial charge in [0.15, 0.2) is 0 Å². The van der Waals surface area contributed by atoms with E-state index in [2.05, 4.69) is 5.32 Å². The molecule has 1 atom stereocenters. The van der Waals surface area contributed by atoms with Gasteiger partial charge in [0.2, 0.25) is 15.9 Å². The van der Waals surface area contributed by atoms with Crippen LogP contribution in [0.1, 0.15) is 18.4 Å². The summed E-state index contributed by atoms with van der Waals surface area (Å²) in [6.07, 6.45) is 1.68. The van der Waals surface area contributed by atoms with E-state index in [1.54, 1.807) is 4.31 Å². The predicted octanol–water partition coefficient (Wildman–Crippen LogP) is 0.834. The third kappa shape index (κ3) is 4.47. The van der Waals surface area contributed by atoms with Crippen LogP contribution in [0.15, 0.2) is 30.3 Å². The van der Waals surface area contributed by atoms with Gasteiger partial charge in [-0.15, -0.1) is 12.4 Å². The molecule has 2 heterocycles. The van der Waals surface area contributed by atoms with Crippen LogP contribution in [0, 0.1) is 0 Å². The lowest BCUT2D eigenvalue weighted by Crippen LogP contribution is -2.57. The van der Waals surface area contributed by atoms with E-state index in [4.69, 9.17) is 0 Å². The Labute approximate surface area is 149 Å². The number of hydrogen-bond donors (Lipinski definition) is 1. The van der Waals surface area contributed by atoms with Gasteiger partial charge in [-0.25, -0.2) is 8.42 Å². The van der Waals surface area contributed by atoms with Crippen molar-refractivity contribution in [1.82, 2.24) is 14.5 Å². The molecular formula is C16H24ClN3O3S. The fourth-order valence-corrected chi connectivity index (χ4v) is 4.91. The standard InChI is InChI=1S/C16H23N3O3S.ClH/c20-16-11-17-8-10-19(16)15-7-4-9-18(12-15)23(21,22)13-14-5-2-1-3-6-14;/h1-3,5-6,15,17H,4,7-13H2;1H. The second kappa shape index (κ2) is 8.29. The second-order valence-corrected chi connectivity index (χ2v) is 8.13. The molecule has 0 spiro atoms. The second-order valence-electron chi connectivity index (χ2n) is 6.16. The van der Waals surface area contributed by atoms with Crippen LogP contribution in [0.4, 0.5) is 0 Å². The van der Waals surface area contributed by atoms with Crippen molar-refractivity contribution in [2.45, 2.75) is 24.6 Å². The highest BCUT2D eigenvalue weighted by atomic mass is 35.5. The minimum absolute atomic E-state index is 0. The third-order valence-corrected chi connectivity index (χ3v) is 6.33. The molecular weight excluding hydrogens is 350 g/mol. The molecule has 0 aromatic heterocycles. The lowest BCUT2D eigenvalue weighted by atomic mass is 10.1. The van der Waals surface area contributed by atoms with E-state index < -0.39 is 10.0 Å². The molecule has 2 aliphatic heterocycles. The average molecular weight is 374 g/mol. The van der Waals surface area contributed by atoms with E-state index in [0.717, 1.165) is 24.9 Å². The van der Waals surface area contributed by atoms with Crippen molar-refractivity contribution in [3.05, 3.63) is 35.9 Å². The van der Waals surface area contributed by atoms with Gasteiger partial charge in [-0.2, -0.15) is 4.31 Å². The number of amides is 1. The summed E-state index contributed by atoms with van der Waals surface area (Å²) in [7, 11) is -3.35. The number of nitrogens with zero attached hydrogens (tertiary/aromatic N) is 2. The Morgan fingerprint density at radius 3 is 2.62 bits per heavy atom. The Bertz CT molecular complexity index is 654. The fourth-order valence-electron chi connectivity index (χ4n) is 3.31. The number of carbonyl (C=O) groups excluding carboxylic acids is 1. The topological polar surface area (TPSA) is 69.7 Å². The number of piperidine rings is 1. The first-order chi connectivity index (χ1) is 11.1. The van der Waals surface area contributed by atoms with Crippen LogP contribution in [0.25, 0.3) is 0 Å². The van der Waals surface area contributed by atoms with Crippen LogP contribution < -0.4 is 5.32 Å². The van der Waals surface area contributed by atoms with Crippen molar-refractivity contribution in [3.8, 4) is 0 Å². The molecule has 1 amide bonds. The largest absolute Gasteiger partial charge is 0.336 e. The smallest absolute Gasteiger partial charge is 0.236 e. The van der Waals surface area contributed by atoms with Crippen molar-refractivity contribution >= 4 is 28.3 Å². The summed E-state index contributed by atoms with van der Waals surface area (Å²) < 4.78 is 26.9. The normalized spacial score (nSPS) is 22.9. The highest BCUT2D eigenvalue weighted by molar-refractivity contribution is 7.88. The van der Waals surface area contributed by atoms with Gasteiger partial charge in [0.25, 0.3) is 0 Å². The fraction of sp³-hybridized carbons (Fsp3) is 0.562. The summed E-state index contributed by atoms with van der Waals surface area (Å²) in [6, 6.07) is 9.25. The first-order valence-electron chi connectivity index (χ1n) is 8.08. The number of carbonyl (C=O) groups is 1. The lowest BCUT2D eigenvalue weighted by Gasteiger charge is -2.40. The molecule has 0 saturated carbocycles. The van der Waals surface area contributed by atoms with E-state index in [1.807, 2.05) is 35.2 Å². The molecule has 2 fully saturated rings. The number of rotatable bonds is 4. The molecule has 3 rings (SSSR count).